The fourth-order valence-electron chi connectivity index (χ4n) is 1.61. The maximum absolute atomic E-state index is 12.4. The number of nitrogens with one attached hydrogen (secondary N) is 1. The Hall–Kier alpha value is -1.03. The first kappa shape index (κ1) is 14.4. The number of hydrogen-bond acceptors (Lipinski definition) is 7. The van der Waals surface area contributed by atoms with E-state index in [4.69, 9.17) is 5.73 Å². The average molecular weight is 318 g/mol. The molecule has 9 heteroatoms. The summed E-state index contributed by atoms with van der Waals surface area (Å²) in [6, 6.07) is 0. The molecule has 2 aromatic rings. The molecule has 0 bridgehead atoms. The summed E-state index contributed by atoms with van der Waals surface area (Å²) >= 11 is 2.36. The molecule has 0 amide bonds. The number of nitrogens with zero attached hydrogens (tertiary/aromatic N) is 2. The first-order valence-corrected chi connectivity index (χ1v) is 8.57. The SMILES string of the molecule is Cc1nc(N)sc1S(=O)(=O)NC(C)(C)c1nccs1. The minimum atomic E-state index is -3.66. The smallest absolute Gasteiger partial charge is 0.252 e. The lowest BCUT2D eigenvalue weighted by Gasteiger charge is -2.23. The van der Waals surface area contributed by atoms with Crippen LogP contribution in [0.2, 0.25) is 0 Å². The summed E-state index contributed by atoms with van der Waals surface area (Å²) in [6.07, 6.45) is 1.64. The molecular weight excluding hydrogens is 304 g/mol. The molecule has 0 aliphatic carbocycles. The Kier molecular flexibility index (Phi) is 3.65. The van der Waals surface area contributed by atoms with E-state index in [1.807, 2.05) is 0 Å². The van der Waals surface area contributed by atoms with Gasteiger partial charge in [0, 0.05) is 11.6 Å². The summed E-state index contributed by atoms with van der Waals surface area (Å²) in [4.78, 5) is 8.08. The monoisotopic (exact) mass is 318 g/mol. The third-order valence-electron chi connectivity index (χ3n) is 2.37. The van der Waals surface area contributed by atoms with Crippen LogP contribution in [0.4, 0.5) is 5.13 Å². The normalized spacial score (nSPS) is 12.8. The highest BCUT2D eigenvalue weighted by molar-refractivity contribution is 7.91. The lowest BCUT2D eigenvalue weighted by Crippen LogP contribution is -2.40. The van der Waals surface area contributed by atoms with Gasteiger partial charge >= 0.3 is 0 Å². The van der Waals surface area contributed by atoms with Gasteiger partial charge in [0.15, 0.2) is 9.34 Å². The lowest BCUT2D eigenvalue weighted by atomic mass is 10.1. The number of nitrogen functional groups attached to an aromatic ring is 1. The van der Waals surface area contributed by atoms with E-state index in [0.717, 1.165) is 11.3 Å². The maximum atomic E-state index is 12.4. The molecule has 0 aliphatic heterocycles. The van der Waals surface area contributed by atoms with Crippen molar-refractivity contribution in [3.8, 4) is 0 Å². The molecule has 0 atom stereocenters. The number of hydrogen-bond donors (Lipinski definition) is 2. The van der Waals surface area contributed by atoms with Crippen molar-refractivity contribution in [2.45, 2.75) is 30.5 Å². The number of anilines is 1. The summed E-state index contributed by atoms with van der Waals surface area (Å²) in [6.45, 7) is 5.16. The fraction of sp³-hybridized carbons (Fsp3) is 0.400. The van der Waals surface area contributed by atoms with Gasteiger partial charge in [-0.1, -0.05) is 11.3 Å². The van der Waals surface area contributed by atoms with Crippen LogP contribution >= 0.6 is 22.7 Å². The largest absolute Gasteiger partial charge is 0.375 e. The third-order valence-corrected chi connectivity index (χ3v) is 6.72. The topological polar surface area (TPSA) is 98.0 Å². The van der Waals surface area contributed by atoms with Gasteiger partial charge in [-0.25, -0.2) is 18.4 Å². The lowest BCUT2D eigenvalue weighted by molar-refractivity contribution is 0.470. The van der Waals surface area contributed by atoms with Gasteiger partial charge in [-0.05, 0) is 20.8 Å². The van der Waals surface area contributed by atoms with Crippen LogP contribution in [0.5, 0.6) is 0 Å². The van der Waals surface area contributed by atoms with E-state index >= 15 is 0 Å². The van der Waals surface area contributed by atoms with Gasteiger partial charge in [0.05, 0.1) is 11.2 Å². The van der Waals surface area contributed by atoms with Gasteiger partial charge in [0.1, 0.15) is 5.01 Å². The standard InChI is InChI=1S/C10H14N4O2S3/c1-6-7(18-9(11)13-6)19(15,16)14-10(2,3)8-12-4-5-17-8/h4-5,14H,1-3H3,(H2,11,13). The predicted molar refractivity (Wildman–Crippen MR) is 76.7 cm³/mol. The second-order valence-corrected chi connectivity index (χ2v) is 8.30. The molecule has 0 spiro atoms. The summed E-state index contributed by atoms with van der Waals surface area (Å²) in [5.74, 6) is 0. The van der Waals surface area contributed by atoms with Gasteiger partial charge in [-0.2, -0.15) is 4.72 Å². The average Bonchev–Trinajstić information content (AvgIpc) is 2.86. The summed E-state index contributed by atoms with van der Waals surface area (Å²) in [7, 11) is -3.66. The van der Waals surface area contributed by atoms with Crippen molar-refractivity contribution in [3.05, 3.63) is 22.3 Å². The molecule has 3 N–H and O–H groups in total. The molecule has 0 radical (unpaired) electrons. The first-order valence-electron chi connectivity index (χ1n) is 5.39. The van der Waals surface area contributed by atoms with Crippen molar-refractivity contribution in [1.29, 1.82) is 0 Å². The zero-order chi connectivity index (χ0) is 14.3. The van der Waals surface area contributed by atoms with Crippen LogP contribution in [0.3, 0.4) is 0 Å². The maximum Gasteiger partial charge on any atom is 0.252 e. The Morgan fingerprint density at radius 3 is 2.58 bits per heavy atom. The van der Waals surface area contributed by atoms with E-state index < -0.39 is 15.6 Å². The predicted octanol–water partition coefficient (Wildman–Crippen LogP) is 1.70. The molecule has 0 saturated carbocycles. The van der Waals surface area contributed by atoms with E-state index in [1.165, 1.54) is 11.3 Å². The highest BCUT2D eigenvalue weighted by Crippen LogP contribution is 2.29. The van der Waals surface area contributed by atoms with E-state index in [1.54, 1.807) is 32.3 Å². The van der Waals surface area contributed by atoms with Crippen LogP contribution in [-0.2, 0) is 15.6 Å². The van der Waals surface area contributed by atoms with Crippen LogP contribution in [0, 0.1) is 6.92 Å². The van der Waals surface area contributed by atoms with Crippen molar-refractivity contribution in [3.63, 3.8) is 0 Å². The minimum Gasteiger partial charge on any atom is -0.375 e. The zero-order valence-corrected chi connectivity index (χ0v) is 13.1. The highest BCUT2D eigenvalue weighted by Gasteiger charge is 2.32. The van der Waals surface area contributed by atoms with Crippen molar-refractivity contribution in [2.75, 3.05) is 5.73 Å². The summed E-state index contributed by atoms with van der Waals surface area (Å²) < 4.78 is 27.5. The number of sulfonamides is 1. The molecule has 19 heavy (non-hydrogen) atoms. The van der Waals surface area contributed by atoms with E-state index in [0.29, 0.717) is 10.7 Å². The van der Waals surface area contributed by atoms with Crippen molar-refractivity contribution >= 4 is 37.8 Å². The molecule has 0 aliphatic rings. The Morgan fingerprint density at radius 2 is 2.11 bits per heavy atom. The Labute approximate surface area is 119 Å². The number of thiazole rings is 2. The molecule has 6 nitrogen and oxygen atoms in total. The molecule has 2 heterocycles. The number of rotatable bonds is 4. The van der Waals surface area contributed by atoms with Gasteiger partial charge in [0.25, 0.3) is 10.0 Å². The molecule has 2 rings (SSSR count). The second-order valence-electron chi connectivity index (χ2n) is 4.49. The summed E-state index contributed by atoms with van der Waals surface area (Å²) in [5.41, 5.74) is 5.17. The van der Waals surface area contributed by atoms with Crippen molar-refractivity contribution in [2.24, 2.45) is 0 Å². The van der Waals surface area contributed by atoms with Gasteiger partial charge < -0.3 is 5.73 Å². The minimum absolute atomic E-state index is 0.148. The van der Waals surface area contributed by atoms with E-state index in [2.05, 4.69) is 14.7 Å². The molecule has 0 aromatic carbocycles. The van der Waals surface area contributed by atoms with Crippen LogP contribution in [-0.4, -0.2) is 18.4 Å². The second kappa shape index (κ2) is 4.82. The van der Waals surface area contributed by atoms with Crippen LogP contribution in [0.1, 0.15) is 24.5 Å². The Bertz CT molecular complexity index is 674. The van der Waals surface area contributed by atoms with Gasteiger partial charge in [-0.15, -0.1) is 11.3 Å². The molecule has 104 valence electrons. The Balaban J connectivity index is 2.35. The van der Waals surface area contributed by atoms with Crippen LogP contribution < -0.4 is 10.5 Å². The van der Waals surface area contributed by atoms with Crippen LogP contribution in [0.25, 0.3) is 0 Å². The molecule has 0 saturated heterocycles. The molecule has 0 unspecified atom stereocenters. The number of aromatic nitrogens is 2. The molecule has 0 fully saturated rings. The van der Waals surface area contributed by atoms with Crippen LogP contribution in [0.15, 0.2) is 15.8 Å². The van der Waals surface area contributed by atoms with E-state index in [9.17, 15) is 8.42 Å². The first-order chi connectivity index (χ1) is 8.72. The highest BCUT2D eigenvalue weighted by atomic mass is 32.2. The van der Waals surface area contributed by atoms with Gasteiger partial charge in [-0.3, -0.25) is 0 Å². The van der Waals surface area contributed by atoms with Crippen molar-refractivity contribution in [1.82, 2.24) is 14.7 Å². The molecular formula is C10H14N4O2S3. The molecule has 2 aromatic heterocycles. The van der Waals surface area contributed by atoms with Crippen molar-refractivity contribution < 1.29 is 8.42 Å². The summed E-state index contributed by atoms with van der Waals surface area (Å²) in [5, 5.41) is 2.75. The van der Waals surface area contributed by atoms with E-state index in [-0.39, 0.29) is 9.34 Å². The number of aryl methyl sites for hydroxylation is 1. The number of nitrogens with two attached hydrogens (primary N) is 1. The zero-order valence-electron chi connectivity index (χ0n) is 10.7. The third kappa shape index (κ3) is 2.94. The fourth-order valence-corrected chi connectivity index (χ4v) is 5.07. The quantitative estimate of drug-likeness (QED) is 0.894. The van der Waals surface area contributed by atoms with Gasteiger partial charge in [0.2, 0.25) is 0 Å². The Morgan fingerprint density at radius 1 is 1.42 bits per heavy atom.